The van der Waals surface area contributed by atoms with Gasteiger partial charge in [-0.1, -0.05) is 0 Å². The molecule has 4 heteroatoms. The first-order valence-electron chi connectivity index (χ1n) is 5.46. The summed E-state index contributed by atoms with van der Waals surface area (Å²) < 4.78 is 10.1. The van der Waals surface area contributed by atoms with Crippen molar-refractivity contribution in [2.24, 2.45) is 5.92 Å². The van der Waals surface area contributed by atoms with Crippen molar-refractivity contribution in [3.63, 3.8) is 0 Å². The molecule has 0 bridgehead atoms. The molecule has 1 unspecified atom stereocenters. The number of esters is 1. The van der Waals surface area contributed by atoms with Gasteiger partial charge in [-0.3, -0.25) is 4.79 Å². The summed E-state index contributed by atoms with van der Waals surface area (Å²) in [6, 6.07) is 0.279. The average Bonchev–Trinajstić information content (AvgIpc) is 2.26. The quantitative estimate of drug-likeness (QED) is 0.653. The molecule has 4 nitrogen and oxygen atoms in total. The second-order valence-electron chi connectivity index (χ2n) is 4.26. The fourth-order valence-corrected chi connectivity index (χ4v) is 2.13. The maximum atomic E-state index is 11.3. The molecule has 1 aliphatic heterocycles. The first kappa shape index (κ1) is 12.5. The second-order valence-corrected chi connectivity index (χ2v) is 4.26. The van der Waals surface area contributed by atoms with Crippen LogP contribution in [0.5, 0.6) is 0 Å². The molecular weight excluding hydrogens is 194 g/mol. The molecule has 88 valence electrons. The Labute approximate surface area is 91.5 Å². The van der Waals surface area contributed by atoms with Gasteiger partial charge in [-0.2, -0.15) is 0 Å². The molecule has 1 fully saturated rings. The number of ether oxygens (including phenoxy) is 2. The van der Waals surface area contributed by atoms with Gasteiger partial charge in [0.2, 0.25) is 0 Å². The minimum atomic E-state index is -0.125. The van der Waals surface area contributed by atoms with Crippen molar-refractivity contribution in [3.8, 4) is 0 Å². The Balaban J connectivity index is 2.51. The van der Waals surface area contributed by atoms with Crippen LogP contribution in [0.3, 0.4) is 0 Å². The Morgan fingerprint density at radius 2 is 2.07 bits per heavy atom. The van der Waals surface area contributed by atoms with E-state index in [1.54, 1.807) is 0 Å². The summed E-state index contributed by atoms with van der Waals surface area (Å²) in [5.74, 6) is 0.424. The Bertz CT molecular complexity index is 200. The summed E-state index contributed by atoms with van der Waals surface area (Å²) in [6.45, 7) is 1.63. The van der Waals surface area contributed by atoms with E-state index >= 15 is 0 Å². The summed E-state index contributed by atoms with van der Waals surface area (Å²) >= 11 is 0. The van der Waals surface area contributed by atoms with Gasteiger partial charge in [0.05, 0.1) is 13.5 Å². The van der Waals surface area contributed by atoms with Gasteiger partial charge in [0.1, 0.15) is 0 Å². The van der Waals surface area contributed by atoms with Crippen LogP contribution < -0.4 is 0 Å². The zero-order valence-electron chi connectivity index (χ0n) is 9.86. The normalized spacial score (nSPS) is 20.3. The highest BCUT2D eigenvalue weighted by atomic mass is 16.5. The fraction of sp³-hybridized carbons (Fsp3) is 0.909. The van der Waals surface area contributed by atoms with Crippen molar-refractivity contribution >= 4 is 5.97 Å². The van der Waals surface area contributed by atoms with Crippen molar-refractivity contribution in [3.05, 3.63) is 0 Å². The molecule has 0 aliphatic carbocycles. The Morgan fingerprint density at radius 3 is 2.53 bits per heavy atom. The predicted octanol–water partition coefficient (Wildman–Crippen LogP) is 0.906. The summed E-state index contributed by atoms with van der Waals surface area (Å²) in [6.07, 6.45) is 2.56. The zero-order chi connectivity index (χ0) is 11.3. The van der Waals surface area contributed by atoms with Crippen LogP contribution in [-0.4, -0.2) is 51.3 Å². The topological polar surface area (TPSA) is 38.8 Å². The lowest BCUT2D eigenvalue weighted by Crippen LogP contribution is -2.40. The van der Waals surface area contributed by atoms with Crippen molar-refractivity contribution in [2.45, 2.75) is 25.3 Å². The van der Waals surface area contributed by atoms with E-state index in [0.29, 0.717) is 12.3 Å². The molecule has 0 amide bonds. The predicted molar refractivity (Wildman–Crippen MR) is 57.7 cm³/mol. The summed E-state index contributed by atoms with van der Waals surface area (Å²) in [7, 11) is 5.48. The molecule has 15 heavy (non-hydrogen) atoms. The summed E-state index contributed by atoms with van der Waals surface area (Å²) in [5.41, 5.74) is 0. The minimum absolute atomic E-state index is 0.125. The number of carbonyl (C=O) groups is 1. The third kappa shape index (κ3) is 3.80. The van der Waals surface area contributed by atoms with Gasteiger partial charge in [-0.25, -0.2) is 0 Å². The van der Waals surface area contributed by atoms with E-state index in [1.165, 1.54) is 7.11 Å². The SMILES string of the molecule is COC(=O)CC(C1CCOCC1)N(C)C. The van der Waals surface area contributed by atoms with E-state index in [9.17, 15) is 4.79 Å². The molecule has 1 atom stereocenters. The highest BCUT2D eigenvalue weighted by Crippen LogP contribution is 2.23. The van der Waals surface area contributed by atoms with Crippen LogP contribution in [0.1, 0.15) is 19.3 Å². The van der Waals surface area contributed by atoms with Crippen molar-refractivity contribution in [1.29, 1.82) is 0 Å². The average molecular weight is 215 g/mol. The highest BCUT2D eigenvalue weighted by molar-refractivity contribution is 5.69. The van der Waals surface area contributed by atoms with Crippen LogP contribution in [0.4, 0.5) is 0 Å². The lowest BCUT2D eigenvalue weighted by molar-refractivity contribution is -0.142. The highest BCUT2D eigenvalue weighted by Gasteiger charge is 2.27. The van der Waals surface area contributed by atoms with Crippen LogP contribution in [0.15, 0.2) is 0 Å². The van der Waals surface area contributed by atoms with Gasteiger partial charge in [0.25, 0.3) is 0 Å². The molecule has 0 N–H and O–H groups in total. The lowest BCUT2D eigenvalue weighted by Gasteiger charge is -2.34. The van der Waals surface area contributed by atoms with Gasteiger partial charge in [-0.05, 0) is 32.9 Å². The number of methoxy groups -OCH3 is 1. The number of nitrogens with zero attached hydrogens (tertiary/aromatic N) is 1. The maximum Gasteiger partial charge on any atom is 0.307 e. The van der Waals surface area contributed by atoms with Crippen molar-refractivity contribution in [1.82, 2.24) is 4.90 Å². The first-order chi connectivity index (χ1) is 7.15. The molecule has 0 aromatic rings. The van der Waals surface area contributed by atoms with E-state index in [1.807, 2.05) is 14.1 Å². The molecule has 0 radical (unpaired) electrons. The molecular formula is C11H21NO3. The zero-order valence-corrected chi connectivity index (χ0v) is 9.86. The van der Waals surface area contributed by atoms with Gasteiger partial charge >= 0.3 is 5.97 Å². The van der Waals surface area contributed by atoms with E-state index in [0.717, 1.165) is 26.1 Å². The molecule has 0 saturated carbocycles. The molecule has 1 saturated heterocycles. The summed E-state index contributed by atoms with van der Waals surface area (Å²) in [4.78, 5) is 13.4. The fourth-order valence-electron chi connectivity index (χ4n) is 2.13. The standard InChI is InChI=1S/C11H21NO3/c1-12(2)10(8-11(13)14-3)9-4-6-15-7-5-9/h9-10H,4-8H2,1-3H3. The van der Waals surface area contributed by atoms with Crippen molar-refractivity contribution in [2.75, 3.05) is 34.4 Å². The van der Waals surface area contributed by atoms with E-state index in [-0.39, 0.29) is 12.0 Å². The molecule has 1 heterocycles. The third-order valence-electron chi connectivity index (χ3n) is 3.08. The Morgan fingerprint density at radius 1 is 1.47 bits per heavy atom. The van der Waals surface area contributed by atoms with E-state index < -0.39 is 0 Å². The molecule has 0 aromatic carbocycles. The maximum absolute atomic E-state index is 11.3. The van der Waals surface area contributed by atoms with E-state index in [2.05, 4.69) is 4.90 Å². The van der Waals surface area contributed by atoms with Crippen LogP contribution in [0, 0.1) is 5.92 Å². The molecule has 0 aromatic heterocycles. The number of rotatable bonds is 4. The number of hydrogen-bond donors (Lipinski definition) is 0. The van der Waals surface area contributed by atoms with Crippen LogP contribution in [0.2, 0.25) is 0 Å². The van der Waals surface area contributed by atoms with Crippen LogP contribution >= 0.6 is 0 Å². The Kier molecular flexibility index (Phi) is 5.05. The van der Waals surface area contributed by atoms with Gasteiger partial charge < -0.3 is 14.4 Å². The minimum Gasteiger partial charge on any atom is -0.469 e. The molecule has 1 rings (SSSR count). The van der Waals surface area contributed by atoms with Gasteiger partial charge in [0.15, 0.2) is 0 Å². The largest absolute Gasteiger partial charge is 0.469 e. The van der Waals surface area contributed by atoms with Gasteiger partial charge in [0, 0.05) is 19.3 Å². The van der Waals surface area contributed by atoms with Crippen LogP contribution in [-0.2, 0) is 14.3 Å². The summed E-state index contributed by atoms with van der Waals surface area (Å²) in [5, 5.41) is 0. The van der Waals surface area contributed by atoms with Crippen LogP contribution in [0.25, 0.3) is 0 Å². The van der Waals surface area contributed by atoms with Gasteiger partial charge in [-0.15, -0.1) is 0 Å². The Hall–Kier alpha value is -0.610. The number of carbonyl (C=O) groups excluding carboxylic acids is 1. The lowest BCUT2D eigenvalue weighted by atomic mass is 9.89. The van der Waals surface area contributed by atoms with Crippen molar-refractivity contribution < 1.29 is 14.3 Å². The van der Waals surface area contributed by atoms with E-state index in [4.69, 9.17) is 9.47 Å². The molecule has 1 aliphatic rings. The molecule has 0 spiro atoms. The monoisotopic (exact) mass is 215 g/mol. The number of hydrogen-bond acceptors (Lipinski definition) is 4. The first-order valence-corrected chi connectivity index (χ1v) is 5.46. The second kappa shape index (κ2) is 6.08. The smallest absolute Gasteiger partial charge is 0.307 e. The third-order valence-corrected chi connectivity index (χ3v) is 3.08.